The van der Waals surface area contributed by atoms with Crippen LogP contribution in [0.1, 0.15) is 6.42 Å². The van der Waals surface area contributed by atoms with E-state index in [2.05, 4.69) is 10.2 Å². The summed E-state index contributed by atoms with van der Waals surface area (Å²) in [6.07, 6.45) is 0.874. The number of rotatable bonds is 1. The average molecular weight is 170 g/mol. The van der Waals surface area contributed by atoms with Crippen molar-refractivity contribution in [1.29, 1.82) is 0 Å². The third kappa shape index (κ3) is 1.44. The summed E-state index contributed by atoms with van der Waals surface area (Å²) >= 11 is 0. The van der Waals surface area contributed by atoms with E-state index in [0.717, 1.165) is 32.6 Å². The molecule has 0 radical (unpaired) electrons. The zero-order valence-corrected chi connectivity index (χ0v) is 7.08. The lowest BCUT2D eigenvalue weighted by atomic mass is 10.2. The Labute approximate surface area is 71.9 Å². The first-order chi connectivity index (χ1) is 5.88. The van der Waals surface area contributed by atoms with Crippen molar-refractivity contribution in [2.75, 3.05) is 32.8 Å². The maximum absolute atomic E-state index is 11.2. The van der Waals surface area contributed by atoms with Gasteiger partial charge in [-0.3, -0.25) is 9.69 Å². The molecule has 2 saturated heterocycles. The van der Waals surface area contributed by atoms with E-state index in [1.807, 2.05) is 0 Å². The van der Waals surface area contributed by atoms with E-state index in [9.17, 15) is 4.79 Å². The second kappa shape index (κ2) is 3.41. The van der Waals surface area contributed by atoms with Crippen LogP contribution in [0.25, 0.3) is 0 Å². The van der Waals surface area contributed by atoms with Gasteiger partial charge in [-0.25, -0.2) is 0 Å². The Morgan fingerprint density at radius 3 is 2.75 bits per heavy atom. The summed E-state index contributed by atoms with van der Waals surface area (Å²) in [6.45, 7) is 4.53. The Morgan fingerprint density at radius 1 is 1.42 bits per heavy atom. The van der Waals surface area contributed by atoms with E-state index in [-0.39, 0.29) is 12.0 Å². The van der Waals surface area contributed by atoms with Gasteiger partial charge in [0.1, 0.15) is 6.04 Å². The van der Waals surface area contributed by atoms with Gasteiger partial charge in [0.25, 0.3) is 0 Å². The van der Waals surface area contributed by atoms with Crippen molar-refractivity contribution in [2.24, 2.45) is 0 Å². The molecule has 2 rings (SSSR count). The van der Waals surface area contributed by atoms with Crippen molar-refractivity contribution in [3.05, 3.63) is 0 Å². The van der Waals surface area contributed by atoms with E-state index in [0.29, 0.717) is 6.61 Å². The minimum Gasteiger partial charge on any atom is -0.464 e. The van der Waals surface area contributed by atoms with Gasteiger partial charge in [0, 0.05) is 32.6 Å². The summed E-state index contributed by atoms with van der Waals surface area (Å²) in [5.41, 5.74) is 0. The smallest absolute Gasteiger partial charge is 0.323 e. The van der Waals surface area contributed by atoms with Gasteiger partial charge in [0.05, 0.1) is 6.61 Å². The Balaban J connectivity index is 1.93. The fourth-order valence-corrected chi connectivity index (χ4v) is 1.81. The third-order valence-electron chi connectivity index (χ3n) is 2.50. The highest BCUT2D eigenvalue weighted by molar-refractivity contribution is 5.77. The minimum atomic E-state index is -0.0306. The summed E-state index contributed by atoms with van der Waals surface area (Å²) in [4.78, 5) is 13.4. The van der Waals surface area contributed by atoms with Crippen molar-refractivity contribution in [1.82, 2.24) is 10.2 Å². The molecule has 0 saturated carbocycles. The number of piperazine rings is 1. The van der Waals surface area contributed by atoms with Crippen LogP contribution < -0.4 is 5.32 Å². The fraction of sp³-hybridized carbons (Fsp3) is 0.875. The molecule has 0 unspecified atom stereocenters. The van der Waals surface area contributed by atoms with Crippen LogP contribution in [0.5, 0.6) is 0 Å². The second-order valence-corrected chi connectivity index (χ2v) is 3.26. The molecule has 12 heavy (non-hydrogen) atoms. The normalized spacial score (nSPS) is 32.0. The highest BCUT2D eigenvalue weighted by Gasteiger charge is 2.32. The van der Waals surface area contributed by atoms with Crippen molar-refractivity contribution in [3.63, 3.8) is 0 Å². The molecule has 1 atom stereocenters. The number of carbonyl (C=O) groups excluding carboxylic acids is 1. The molecule has 0 aromatic rings. The molecule has 0 bridgehead atoms. The SMILES string of the molecule is O=C1OCC[C@H]1N1CCNCC1. The molecule has 1 N–H and O–H groups in total. The first-order valence-electron chi connectivity index (χ1n) is 4.49. The van der Waals surface area contributed by atoms with Gasteiger partial charge in [0.2, 0.25) is 0 Å². The van der Waals surface area contributed by atoms with E-state index in [1.165, 1.54) is 0 Å². The summed E-state index contributed by atoms with van der Waals surface area (Å²) in [5, 5.41) is 3.26. The maximum atomic E-state index is 11.2. The van der Waals surface area contributed by atoms with Crippen LogP contribution in [0, 0.1) is 0 Å². The Morgan fingerprint density at radius 2 is 2.17 bits per heavy atom. The molecule has 2 aliphatic heterocycles. The van der Waals surface area contributed by atoms with Crippen LogP contribution in [0.4, 0.5) is 0 Å². The van der Waals surface area contributed by atoms with E-state index in [1.54, 1.807) is 0 Å². The lowest BCUT2D eigenvalue weighted by Crippen LogP contribution is -2.49. The van der Waals surface area contributed by atoms with Gasteiger partial charge >= 0.3 is 5.97 Å². The van der Waals surface area contributed by atoms with E-state index >= 15 is 0 Å². The summed E-state index contributed by atoms with van der Waals surface area (Å²) in [7, 11) is 0. The topological polar surface area (TPSA) is 41.6 Å². The number of nitrogens with zero attached hydrogens (tertiary/aromatic N) is 1. The molecule has 2 fully saturated rings. The zero-order chi connectivity index (χ0) is 8.39. The van der Waals surface area contributed by atoms with Crippen molar-refractivity contribution >= 4 is 5.97 Å². The number of carbonyl (C=O) groups is 1. The number of ether oxygens (including phenoxy) is 1. The molecule has 0 spiro atoms. The number of nitrogens with one attached hydrogen (secondary N) is 1. The van der Waals surface area contributed by atoms with Gasteiger partial charge in [0.15, 0.2) is 0 Å². The first-order valence-corrected chi connectivity index (χ1v) is 4.49. The largest absolute Gasteiger partial charge is 0.464 e. The zero-order valence-electron chi connectivity index (χ0n) is 7.08. The molecule has 68 valence electrons. The average Bonchev–Trinajstić information content (AvgIpc) is 2.53. The standard InChI is InChI=1S/C8H14N2O2/c11-8-7(1-6-12-8)10-4-2-9-3-5-10/h7,9H,1-6H2/t7-/m1/s1. The van der Waals surface area contributed by atoms with E-state index < -0.39 is 0 Å². The summed E-state index contributed by atoms with van der Waals surface area (Å²) < 4.78 is 4.92. The lowest BCUT2D eigenvalue weighted by Gasteiger charge is -2.30. The van der Waals surface area contributed by atoms with Gasteiger partial charge in [-0.1, -0.05) is 0 Å². The van der Waals surface area contributed by atoms with Crippen LogP contribution in [-0.2, 0) is 9.53 Å². The quantitative estimate of drug-likeness (QED) is 0.523. The van der Waals surface area contributed by atoms with Gasteiger partial charge < -0.3 is 10.1 Å². The summed E-state index contributed by atoms with van der Waals surface area (Å²) in [5.74, 6) is -0.0306. The molecule has 0 aliphatic carbocycles. The van der Waals surface area contributed by atoms with Crippen LogP contribution in [0.2, 0.25) is 0 Å². The third-order valence-corrected chi connectivity index (χ3v) is 2.50. The molecule has 2 heterocycles. The Hall–Kier alpha value is -0.610. The minimum absolute atomic E-state index is 0.0306. The molecule has 4 nitrogen and oxygen atoms in total. The van der Waals surface area contributed by atoms with Crippen LogP contribution in [0.15, 0.2) is 0 Å². The van der Waals surface area contributed by atoms with Crippen LogP contribution in [0.3, 0.4) is 0 Å². The molecular formula is C8H14N2O2. The van der Waals surface area contributed by atoms with Crippen molar-refractivity contribution < 1.29 is 9.53 Å². The Kier molecular flexibility index (Phi) is 2.28. The van der Waals surface area contributed by atoms with E-state index in [4.69, 9.17) is 4.74 Å². The molecular weight excluding hydrogens is 156 g/mol. The molecule has 0 amide bonds. The van der Waals surface area contributed by atoms with Gasteiger partial charge in [-0.05, 0) is 0 Å². The van der Waals surface area contributed by atoms with Crippen LogP contribution >= 0.6 is 0 Å². The first kappa shape index (κ1) is 8.01. The molecule has 0 aromatic heterocycles. The summed E-state index contributed by atoms with van der Waals surface area (Å²) in [6, 6.07) is 0.0482. The second-order valence-electron chi connectivity index (χ2n) is 3.26. The molecule has 4 heteroatoms. The van der Waals surface area contributed by atoms with Gasteiger partial charge in [-0.2, -0.15) is 0 Å². The number of hydrogen-bond donors (Lipinski definition) is 1. The number of hydrogen-bond acceptors (Lipinski definition) is 4. The molecule has 2 aliphatic rings. The lowest BCUT2D eigenvalue weighted by molar-refractivity contribution is -0.142. The monoisotopic (exact) mass is 170 g/mol. The number of cyclic esters (lactones) is 1. The van der Waals surface area contributed by atoms with Crippen molar-refractivity contribution in [3.8, 4) is 0 Å². The molecule has 0 aromatic carbocycles. The van der Waals surface area contributed by atoms with Crippen molar-refractivity contribution in [2.45, 2.75) is 12.5 Å². The fourth-order valence-electron chi connectivity index (χ4n) is 1.81. The predicted octanol–water partition coefficient (Wildman–Crippen LogP) is -0.793. The van der Waals surface area contributed by atoms with Crippen LogP contribution in [-0.4, -0.2) is 49.7 Å². The Bertz CT molecular complexity index is 178. The highest BCUT2D eigenvalue weighted by atomic mass is 16.5. The highest BCUT2D eigenvalue weighted by Crippen LogP contribution is 2.13. The predicted molar refractivity (Wildman–Crippen MR) is 43.8 cm³/mol. The maximum Gasteiger partial charge on any atom is 0.323 e. The number of esters is 1. The van der Waals surface area contributed by atoms with Gasteiger partial charge in [-0.15, -0.1) is 0 Å².